The molecular weight excluding hydrogens is 216 g/mol. The smallest absolute Gasteiger partial charge is 0.322 e. The van der Waals surface area contributed by atoms with Crippen LogP contribution in [0.1, 0.15) is 18.0 Å². The summed E-state index contributed by atoms with van der Waals surface area (Å²) in [6, 6.07) is 11.5. The van der Waals surface area contributed by atoms with Crippen molar-refractivity contribution in [1.82, 2.24) is 5.32 Å². The fourth-order valence-corrected chi connectivity index (χ4v) is 2.21. The molecule has 0 unspecified atom stereocenters. The van der Waals surface area contributed by atoms with Gasteiger partial charge in [0.05, 0.1) is 19.1 Å². The van der Waals surface area contributed by atoms with E-state index in [1.165, 1.54) is 7.11 Å². The van der Waals surface area contributed by atoms with E-state index in [-0.39, 0.29) is 24.0 Å². The van der Waals surface area contributed by atoms with Gasteiger partial charge in [0.1, 0.15) is 6.04 Å². The molecule has 0 spiro atoms. The second kappa shape index (κ2) is 4.98. The van der Waals surface area contributed by atoms with Crippen LogP contribution in [0, 0.1) is 17.2 Å². The quantitative estimate of drug-likeness (QED) is 0.780. The third-order valence-electron chi connectivity index (χ3n) is 3.08. The third kappa shape index (κ3) is 2.29. The average molecular weight is 230 g/mol. The minimum absolute atomic E-state index is 0.0923. The molecule has 0 radical (unpaired) electrons. The van der Waals surface area contributed by atoms with E-state index >= 15 is 0 Å². The molecule has 1 aromatic rings. The number of carbonyl (C=O) groups excluding carboxylic acids is 1. The molecule has 1 aliphatic heterocycles. The van der Waals surface area contributed by atoms with E-state index in [0.29, 0.717) is 6.42 Å². The third-order valence-corrected chi connectivity index (χ3v) is 3.08. The van der Waals surface area contributed by atoms with Crippen LogP contribution in [-0.2, 0) is 9.53 Å². The maximum Gasteiger partial charge on any atom is 0.322 e. The number of nitriles is 1. The summed E-state index contributed by atoms with van der Waals surface area (Å²) in [5.41, 5.74) is 1.03. The van der Waals surface area contributed by atoms with Gasteiger partial charge in [-0.3, -0.25) is 10.1 Å². The minimum Gasteiger partial charge on any atom is -0.468 e. The Labute approximate surface area is 100 Å². The van der Waals surface area contributed by atoms with Crippen LogP contribution in [0.2, 0.25) is 0 Å². The SMILES string of the molecule is COC(=O)[C@@H]1C[C@H](C#N)[C@H](c2ccccc2)N1. The zero-order chi connectivity index (χ0) is 12.3. The highest BCUT2D eigenvalue weighted by molar-refractivity contribution is 5.76. The van der Waals surface area contributed by atoms with Crippen LogP contribution in [0.15, 0.2) is 30.3 Å². The molecule has 0 bridgehead atoms. The Kier molecular flexibility index (Phi) is 3.40. The Hall–Kier alpha value is -1.86. The summed E-state index contributed by atoms with van der Waals surface area (Å²) in [5, 5.41) is 12.3. The number of nitrogens with one attached hydrogen (secondary N) is 1. The fourth-order valence-electron chi connectivity index (χ4n) is 2.21. The van der Waals surface area contributed by atoms with Gasteiger partial charge in [-0.1, -0.05) is 30.3 Å². The first-order chi connectivity index (χ1) is 8.26. The number of methoxy groups -OCH3 is 1. The fraction of sp³-hybridized carbons (Fsp3) is 0.385. The topological polar surface area (TPSA) is 62.1 Å². The van der Waals surface area contributed by atoms with Crippen molar-refractivity contribution in [3.8, 4) is 6.07 Å². The van der Waals surface area contributed by atoms with Crippen molar-refractivity contribution >= 4 is 5.97 Å². The molecule has 1 aliphatic rings. The number of benzene rings is 1. The molecule has 0 aliphatic carbocycles. The molecule has 1 aromatic carbocycles. The van der Waals surface area contributed by atoms with E-state index < -0.39 is 0 Å². The summed E-state index contributed by atoms with van der Waals surface area (Å²) in [6.07, 6.45) is 0.503. The molecule has 0 amide bonds. The molecular formula is C13H14N2O2. The van der Waals surface area contributed by atoms with E-state index in [4.69, 9.17) is 10.00 Å². The van der Waals surface area contributed by atoms with Crippen molar-refractivity contribution in [1.29, 1.82) is 5.26 Å². The monoisotopic (exact) mass is 230 g/mol. The Morgan fingerprint density at radius 1 is 1.47 bits per heavy atom. The predicted octanol–water partition coefficient (Wildman–Crippen LogP) is 1.40. The standard InChI is InChI=1S/C13H14N2O2/c1-17-13(16)11-7-10(8-14)12(15-11)9-5-3-2-4-6-9/h2-6,10-12,15H,7H2,1H3/t10-,11+,12+/m1/s1. The van der Waals surface area contributed by atoms with Gasteiger partial charge in [-0.15, -0.1) is 0 Å². The van der Waals surface area contributed by atoms with Gasteiger partial charge < -0.3 is 4.74 Å². The van der Waals surface area contributed by atoms with Crippen molar-refractivity contribution in [3.63, 3.8) is 0 Å². The molecule has 1 fully saturated rings. The van der Waals surface area contributed by atoms with Crippen molar-refractivity contribution < 1.29 is 9.53 Å². The predicted molar refractivity (Wildman–Crippen MR) is 61.8 cm³/mol. The molecule has 2 rings (SSSR count). The number of ether oxygens (including phenoxy) is 1. The highest BCUT2D eigenvalue weighted by Gasteiger charge is 2.38. The van der Waals surface area contributed by atoms with Gasteiger partial charge >= 0.3 is 5.97 Å². The summed E-state index contributed by atoms with van der Waals surface area (Å²) in [5.74, 6) is -0.495. The van der Waals surface area contributed by atoms with Crippen LogP contribution in [0.4, 0.5) is 0 Å². The van der Waals surface area contributed by atoms with E-state index in [0.717, 1.165) is 5.56 Å². The highest BCUT2D eigenvalue weighted by atomic mass is 16.5. The highest BCUT2D eigenvalue weighted by Crippen LogP contribution is 2.32. The van der Waals surface area contributed by atoms with Crippen LogP contribution in [0.25, 0.3) is 0 Å². The van der Waals surface area contributed by atoms with Gasteiger partial charge in [-0.2, -0.15) is 5.26 Å². The number of esters is 1. The molecule has 4 nitrogen and oxygen atoms in total. The van der Waals surface area contributed by atoms with Crippen LogP contribution >= 0.6 is 0 Å². The second-order valence-corrected chi connectivity index (χ2v) is 4.10. The Balaban J connectivity index is 2.19. The molecule has 0 saturated carbocycles. The largest absolute Gasteiger partial charge is 0.468 e. The Morgan fingerprint density at radius 2 is 2.18 bits per heavy atom. The molecule has 17 heavy (non-hydrogen) atoms. The zero-order valence-electron chi connectivity index (χ0n) is 9.59. The van der Waals surface area contributed by atoms with E-state index in [1.807, 2.05) is 30.3 Å². The van der Waals surface area contributed by atoms with Crippen molar-refractivity contribution in [3.05, 3.63) is 35.9 Å². The second-order valence-electron chi connectivity index (χ2n) is 4.10. The lowest BCUT2D eigenvalue weighted by Gasteiger charge is -2.14. The summed E-state index contributed by atoms with van der Waals surface area (Å²) in [6.45, 7) is 0. The first-order valence-corrected chi connectivity index (χ1v) is 5.54. The van der Waals surface area contributed by atoms with Crippen molar-refractivity contribution in [2.75, 3.05) is 7.11 Å². The molecule has 3 atom stereocenters. The Bertz CT molecular complexity index is 438. The molecule has 1 saturated heterocycles. The maximum absolute atomic E-state index is 11.5. The molecule has 0 aromatic heterocycles. The Morgan fingerprint density at radius 3 is 2.76 bits per heavy atom. The van der Waals surface area contributed by atoms with E-state index in [9.17, 15) is 4.79 Å². The van der Waals surface area contributed by atoms with Gasteiger partial charge in [-0.05, 0) is 12.0 Å². The molecule has 4 heteroatoms. The van der Waals surface area contributed by atoms with Crippen LogP contribution in [0.3, 0.4) is 0 Å². The lowest BCUT2D eigenvalue weighted by atomic mass is 9.95. The number of hydrogen-bond donors (Lipinski definition) is 1. The van der Waals surface area contributed by atoms with Gasteiger partial charge in [0.2, 0.25) is 0 Å². The first kappa shape index (κ1) is 11.6. The number of rotatable bonds is 2. The van der Waals surface area contributed by atoms with E-state index in [1.54, 1.807) is 0 Å². The summed E-state index contributed by atoms with van der Waals surface area (Å²) >= 11 is 0. The minimum atomic E-state index is -0.380. The number of carbonyl (C=O) groups is 1. The summed E-state index contributed by atoms with van der Waals surface area (Å²) in [7, 11) is 1.36. The summed E-state index contributed by atoms with van der Waals surface area (Å²) < 4.78 is 4.70. The normalized spacial score (nSPS) is 27.4. The van der Waals surface area contributed by atoms with Crippen LogP contribution in [-0.4, -0.2) is 19.1 Å². The lowest BCUT2D eigenvalue weighted by molar-refractivity contribution is -0.142. The number of nitrogens with zero attached hydrogens (tertiary/aromatic N) is 1. The van der Waals surface area contributed by atoms with Gasteiger partial charge in [-0.25, -0.2) is 0 Å². The average Bonchev–Trinajstić information content (AvgIpc) is 2.83. The molecule has 1 heterocycles. The van der Waals surface area contributed by atoms with Gasteiger partial charge in [0.25, 0.3) is 0 Å². The molecule has 88 valence electrons. The van der Waals surface area contributed by atoms with Crippen LogP contribution in [0.5, 0.6) is 0 Å². The van der Waals surface area contributed by atoms with E-state index in [2.05, 4.69) is 11.4 Å². The van der Waals surface area contributed by atoms with Gasteiger partial charge in [0, 0.05) is 6.04 Å². The number of hydrogen-bond acceptors (Lipinski definition) is 4. The summed E-state index contributed by atoms with van der Waals surface area (Å²) in [4.78, 5) is 11.5. The zero-order valence-corrected chi connectivity index (χ0v) is 9.59. The van der Waals surface area contributed by atoms with Crippen molar-refractivity contribution in [2.24, 2.45) is 5.92 Å². The van der Waals surface area contributed by atoms with Gasteiger partial charge in [0.15, 0.2) is 0 Å². The first-order valence-electron chi connectivity index (χ1n) is 5.54. The molecule has 1 N–H and O–H groups in total. The van der Waals surface area contributed by atoms with Crippen LogP contribution < -0.4 is 5.32 Å². The van der Waals surface area contributed by atoms with Crippen molar-refractivity contribution in [2.45, 2.75) is 18.5 Å². The lowest BCUT2D eigenvalue weighted by Crippen LogP contribution is -2.33. The maximum atomic E-state index is 11.5.